The number of hydrogen-bond donors (Lipinski definition) is 1. The summed E-state index contributed by atoms with van der Waals surface area (Å²) in [5.41, 5.74) is 0.658. The Morgan fingerprint density at radius 3 is 2.70 bits per heavy atom. The first-order valence-corrected chi connectivity index (χ1v) is 6.93. The van der Waals surface area contributed by atoms with E-state index in [1.807, 2.05) is 11.9 Å². The molecule has 0 aromatic carbocycles. The van der Waals surface area contributed by atoms with Gasteiger partial charge in [-0.2, -0.15) is 5.10 Å². The van der Waals surface area contributed by atoms with Crippen molar-refractivity contribution >= 4 is 27.6 Å². The van der Waals surface area contributed by atoms with Crippen molar-refractivity contribution < 1.29 is 0 Å². The van der Waals surface area contributed by atoms with Crippen LogP contribution < -0.4 is 15.4 Å². The molecule has 0 unspecified atom stereocenters. The second-order valence-corrected chi connectivity index (χ2v) is 5.59. The third-order valence-electron chi connectivity index (χ3n) is 3.35. The Hall–Kier alpha value is -1.96. The zero-order chi connectivity index (χ0) is 14.1. The van der Waals surface area contributed by atoms with Gasteiger partial charge in [-0.1, -0.05) is 0 Å². The molecule has 3 rings (SSSR count). The molecule has 1 fully saturated rings. The third kappa shape index (κ3) is 2.51. The molecule has 0 radical (unpaired) electrons. The van der Waals surface area contributed by atoms with Crippen LogP contribution in [-0.4, -0.2) is 46.3 Å². The van der Waals surface area contributed by atoms with E-state index in [2.05, 4.69) is 41.0 Å². The zero-order valence-corrected chi connectivity index (χ0v) is 12.4. The smallest absolute Gasteiger partial charge is 0.266 e. The summed E-state index contributed by atoms with van der Waals surface area (Å²) in [6.45, 7) is 1.64. The van der Waals surface area contributed by atoms with Gasteiger partial charge in [0.05, 0.1) is 22.4 Å². The maximum atomic E-state index is 11.2. The van der Waals surface area contributed by atoms with Gasteiger partial charge >= 0.3 is 0 Å². The Morgan fingerprint density at radius 2 is 2.05 bits per heavy atom. The molecule has 1 aliphatic heterocycles. The topological polar surface area (TPSA) is 78.0 Å². The third-order valence-corrected chi connectivity index (χ3v) is 3.76. The highest BCUT2D eigenvalue weighted by atomic mass is 79.9. The largest absolute Gasteiger partial charge is 0.366 e. The standard InChI is InChI=1S/C12H13BrN6O/c1-18(12-14-3-8(13)4-15-12)10-6-19(7-10)9-2-11(20)17-16-5-9/h2-5,10H,6-7H2,1H3,(H,17,20). The Bertz CT molecular complexity index is 651. The number of aromatic amines is 1. The number of aromatic nitrogens is 4. The minimum atomic E-state index is -0.185. The molecule has 1 N–H and O–H groups in total. The van der Waals surface area contributed by atoms with Gasteiger partial charge in [-0.05, 0) is 15.9 Å². The molecule has 8 heteroatoms. The van der Waals surface area contributed by atoms with E-state index < -0.39 is 0 Å². The number of anilines is 2. The molecule has 2 aromatic heterocycles. The van der Waals surface area contributed by atoms with Crippen molar-refractivity contribution in [3.05, 3.63) is 39.5 Å². The number of nitrogens with one attached hydrogen (secondary N) is 1. The van der Waals surface area contributed by atoms with Crippen LogP contribution in [-0.2, 0) is 0 Å². The van der Waals surface area contributed by atoms with Crippen molar-refractivity contribution in [1.29, 1.82) is 0 Å². The van der Waals surface area contributed by atoms with E-state index in [4.69, 9.17) is 0 Å². The van der Waals surface area contributed by atoms with E-state index in [-0.39, 0.29) is 5.56 Å². The highest BCUT2D eigenvalue weighted by molar-refractivity contribution is 9.10. The number of H-pyrrole nitrogens is 1. The second kappa shape index (κ2) is 5.20. The Morgan fingerprint density at radius 1 is 1.35 bits per heavy atom. The molecule has 2 aromatic rings. The molecule has 0 atom stereocenters. The van der Waals surface area contributed by atoms with E-state index in [0.29, 0.717) is 12.0 Å². The molecular formula is C12H13BrN6O. The Labute approximate surface area is 123 Å². The zero-order valence-electron chi connectivity index (χ0n) is 10.8. The Balaban J connectivity index is 1.65. The molecular weight excluding hydrogens is 324 g/mol. The first-order valence-electron chi connectivity index (χ1n) is 6.13. The fraction of sp³-hybridized carbons (Fsp3) is 0.333. The molecule has 1 saturated heterocycles. The van der Waals surface area contributed by atoms with Crippen LogP contribution in [0.3, 0.4) is 0 Å². The van der Waals surface area contributed by atoms with Crippen LogP contribution in [0.1, 0.15) is 0 Å². The fourth-order valence-electron chi connectivity index (χ4n) is 2.10. The van der Waals surface area contributed by atoms with Gasteiger partial charge in [-0.25, -0.2) is 15.1 Å². The van der Waals surface area contributed by atoms with Gasteiger partial charge in [0.2, 0.25) is 5.95 Å². The van der Waals surface area contributed by atoms with Crippen molar-refractivity contribution in [2.75, 3.05) is 29.9 Å². The summed E-state index contributed by atoms with van der Waals surface area (Å²) >= 11 is 3.32. The Kier molecular flexibility index (Phi) is 3.39. The number of halogens is 1. The highest BCUT2D eigenvalue weighted by Gasteiger charge is 2.31. The predicted octanol–water partition coefficient (Wildman–Crippen LogP) is 0.647. The molecule has 0 saturated carbocycles. The van der Waals surface area contributed by atoms with E-state index >= 15 is 0 Å². The van der Waals surface area contributed by atoms with E-state index in [1.54, 1.807) is 24.7 Å². The van der Waals surface area contributed by atoms with Crippen LogP contribution in [0, 0.1) is 0 Å². The summed E-state index contributed by atoms with van der Waals surface area (Å²) in [7, 11) is 1.97. The summed E-state index contributed by atoms with van der Waals surface area (Å²) in [6.07, 6.45) is 5.12. The molecule has 0 bridgehead atoms. The van der Waals surface area contributed by atoms with Crippen molar-refractivity contribution in [2.24, 2.45) is 0 Å². The van der Waals surface area contributed by atoms with Crippen LogP contribution in [0.25, 0.3) is 0 Å². The normalized spacial score (nSPS) is 15.0. The van der Waals surface area contributed by atoms with Crippen LogP contribution in [0.15, 0.2) is 33.9 Å². The maximum absolute atomic E-state index is 11.2. The van der Waals surface area contributed by atoms with Crippen LogP contribution >= 0.6 is 15.9 Å². The van der Waals surface area contributed by atoms with Gasteiger partial charge < -0.3 is 9.80 Å². The summed E-state index contributed by atoms with van der Waals surface area (Å²) in [6, 6.07) is 1.88. The van der Waals surface area contributed by atoms with Crippen molar-refractivity contribution in [2.45, 2.75) is 6.04 Å². The van der Waals surface area contributed by atoms with Gasteiger partial charge in [0.25, 0.3) is 5.56 Å². The molecule has 0 aliphatic carbocycles. The summed E-state index contributed by atoms with van der Waals surface area (Å²) in [4.78, 5) is 23.9. The fourth-order valence-corrected chi connectivity index (χ4v) is 2.31. The lowest BCUT2D eigenvalue weighted by Crippen LogP contribution is -2.59. The number of rotatable bonds is 3. The molecule has 7 nitrogen and oxygen atoms in total. The van der Waals surface area contributed by atoms with Crippen LogP contribution in [0.5, 0.6) is 0 Å². The molecule has 0 amide bonds. The molecule has 104 valence electrons. The monoisotopic (exact) mass is 336 g/mol. The maximum Gasteiger partial charge on any atom is 0.266 e. The van der Waals surface area contributed by atoms with Gasteiger partial charge in [-0.3, -0.25) is 4.79 Å². The molecule has 3 heterocycles. The van der Waals surface area contributed by atoms with Gasteiger partial charge in [0, 0.05) is 38.6 Å². The quantitative estimate of drug-likeness (QED) is 0.886. The number of hydrogen-bond acceptors (Lipinski definition) is 6. The van der Waals surface area contributed by atoms with E-state index in [9.17, 15) is 4.79 Å². The van der Waals surface area contributed by atoms with Crippen LogP contribution in [0.4, 0.5) is 11.6 Å². The number of nitrogens with zero attached hydrogens (tertiary/aromatic N) is 5. The van der Waals surface area contributed by atoms with Gasteiger partial charge in [0.1, 0.15) is 0 Å². The summed E-state index contributed by atoms with van der Waals surface area (Å²) in [5.74, 6) is 0.696. The molecule has 1 aliphatic rings. The second-order valence-electron chi connectivity index (χ2n) is 4.67. The molecule has 0 spiro atoms. The van der Waals surface area contributed by atoms with Gasteiger partial charge in [0.15, 0.2) is 0 Å². The average Bonchev–Trinajstić information content (AvgIpc) is 2.38. The minimum Gasteiger partial charge on any atom is -0.366 e. The average molecular weight is 337 g/mol. The minimum absolute atomic E-state index is 0.185. The molecule has 20 heavy (non-hydrogen) atoms. The first-order chi connectivity index (χ1) is 9.63. The SMILES string of the molecule is CN(c1ncc(Br)cn1)C1CN(c2cn[nH]c(=O)c2)C1. The number of likely N-dealkylation sites (N-methyl/N-ethyl adjacent to an activating group) is 1. The first kappa shape index (κ1) is 13.0. The van der Waals surface area contributed by atoms with E-state index in [0.717, 1.165) is 23.2 Å². The summed E-state index contributed by atoms with van der Waals surface area (Å²) in [5, 5.41) is 6.17. The lowest BCUT2D eigenvalue weighted by Gasteiger charge is -2.45. The highest BCUT2D eigenvalue weighted by Crippen LogP contribution is 2.23. The van der Waals surface area contributed by atoms with Crippen molar-refractivity contribution in [1.82, 2.24) is 20.2 Å². The van der Waals surface area contributed by atoms with E-state index in [1.165, 1.54) is 0 Å². The summed E-state index contributed by atoms with van der Waals surface area (Å²) < 4.78 is 0.861. The van der Waals surface area contributed by atoms with Crippen LogP contribution in [0.2, 0.25) is 0 Å². The van der Waals surface area contributed by atoms with Gasteiger partial charge in [-0.15, -0.1) is 0 Å². The van der Waals surface area contributed by atoms with Crippen molar-refractivity contribution in [3.8, 4) is 0 Å². The lowest BCUT2D eigenvalue weighted by atomic mass is 10.1. The van der Waals surface area contributed by atoms with Crippen molar-refractivity contribution in [3.63, 3.8) is 0 Å². The predicted molar refractivity (Wildman–Crippen MR) is 79.0 cm³/mol. The lowest BCUT2D eigenvalue weighted by molar-refractivity contribution is 0.489.